The summed E-state index contributed by atoms with van der Waals surface area (Å²) in [5.41, 5.74) is 0.325. The highest BCUT2D eigenvalue weighted by Crippen LogP contribution is 2.49. The fourth-order valence-corrected chi connectivity index (χ4v) is 3.67. The first-order chi connectivity index (χ1) is 9.51. The highest BCUT2D eigenvalue weighted by molar-refractivity contribution is 5.85. The van der Waals surface area contributed by atoms with Gasteiger partial charge in [0.2, 0.25) is 5.91 Å². The molecule has 0 saturated heterocycles. The summed E-state index contributed by atoms with van der Waals surface area (Å²) in [6.07, 6.45) is 7.07. The molecular weight excluding hydrogens is 254 g/mol. The molecule has 4 heteroatoms. The highest BCUT2D eigenvalue weighted by Gasteiger charge is 2.45. The van der Waals surface area contributed by atoms with Gasteiger partial charge in [-0.15, -0.1) is 0 Å². The van der Waals surface area contributed by atoms with Crippen LogP contribution in [-0.2, 0) is 9.59 Å². The molecule has 4 nitrogen and oxygen atoms in total. The van der Waals surface area contributed by atoms with Crippen LogP contribution in [0.3, 0.4) is 0 Å². The normalized spacial score (nSPS) is 31.0. The van der Waals surface area contributed by atoms with Crippen molar-refractivity contribution in [3.8, 4) is 0 Å². The monoisotopic (exact) mass is 281 g/mol. The first kappa shape index (κ1) is 15.3. The molecule has 0 aliphatic heterocycles. The van der Waals surface area contributed by atoms with Gasteiger partial charge in [0.1, 0.15) is 0 Å². The predicted octanol–water partition coefficient (Wildman–Crippen LogP) is 2.82. The molecule has 0 radical (unpaired) electrons. The van der Waals surface area contributed by atoms with Crippen molar-refractivity contribution in [2.75, 3.05) is 6.54 Å². The second-order valence-electron chi connectivity index (χ2n) is 6.76. The zero-order chi connectivity index (χ0) is 14.8. The highest BCUT2D eigenvalue weighted by atomic mass is 16.4. The van der Waals surface area contributed by atoms with Gasteiger partial charge in [0.05, 0.1) is 11.8 Å². The van der Waals surface area contributed by atoms with Crippen LogP contribution in [0.5, 0.6) is 0 Å². The lowest BCUT2D eigenvalue weighted by molar-refractivity contribution is -0.146. The molecule has 2 aliphatic carbocycles. The summed E-state index contributed by atoms with van der Waals surface area (Å²) >= 11 is 0. The van der Waals surface area contributed by atoms with Crippen LogP contribution in [0.1, 0.15) is 58.8 Å². The van der Waals surface area contributed by atoms with Crippen LogP contribution in [-0.4, -0.2) is 23.5 Å². The van der Waals surface area contributed by atoms with Crippen LogP contribution < -0.4 is 5.32 Å². The number of carbonyl (C=O) groups excluding carboxylic acids is 1. The third kappa shape index (κ3) is 3.33. The van der Waals surface area contributed by atoms with E-state index in [2.05, 4.69) is 19.2 Å². The summed E-state index contributed by atoms with van der Waals surface area (Å²) in [7, 11) is 0. The third-order valence-electron chi connectivity index (χ3n) is 5.27. The molecule has 0 aromatic rings. The van der Waals surface area contributed by atoms with E-state index in [-0.39, 0.29) is 11.8 Å². The standard InChI is InChI=1S/C16H27NO3/c1-3-5-16(6-7-16)10-17-14(18)12-8-11(4-2)9-13(12)15(19)20/h11-13H,3-10H2,1-2H3,(H,17,18)(H,19,20). The lowest BCUT2D eigenvalue weighted by Crippen LogP contribution is -2.38. The molecule has 0 spiro atoms. The summed E-state index contributed by atoms with van der Waals surface area (Å²) in [6.45, 7) is 4.98. The maximum Gasteiger partial charge on any atom is 0.307 e. The van der Waals surface area contributed by atoms with Crippen LogP contribution in [0.15, 0.2) is 0 Å². The SMILES string of the molecule is CCCC1(CNC(=O)C2CC(CC)CC2C(=O)O)CC1. The molecular formula is C16H27NO3. The molecule has 2 saturated carbocycles. The molecule has 114 valence electrons. The van der Waals surface area contributed by atoms with Gasteiger partial charge in [0, 0.05) is 6.54 Å². The largest absolute Gasteiger partial charge is 0.481 e. The number of nitrogens with one attached hydrogen (secondary N) is 1. The predicted molar refractivity (Wildman–Crippen MR) is 77.2 cm³/mol. The zero-order valence-corrected chi connectivity index (χ0v) is 12.7. The van der Waals surface area contributed by atoms with E-state index in [1.165, 1.54) is 12.8 Å². The number of hydrogen-bond acceptors (Lipinski definition) is 2. The summed E-state index contributed by atoms with van der Waals surface area (Å²) < 4.78 is 0. The maximum atomic E-state index is 12.3. The van der Waals surface area contributed by atoms with Crippen molar-refractivity contribution >= 4 is 11.9 Å². The van der Waals surface area contributed by atoms with E-state index < -0.39 is 11.9 Å². The molecule has 0 heterocycles. The van der Waals surface area contributed by atoms with Gasteiger partial charge in [-0.1, -0.05) is 26.7 Å². The van der Waals surface area contributed by atoms with E-state index in [0.717, 1.165) is 32.2 Å². The second-order valence-corrected chi connectivity index (χ2v) is 6.76. The number of aliphatic carboxylic acids is 1. The molecule has 2 N–H and O–H groups in total. The average molecular weight is 281 g/mol. The number of rotatable bonds is 7. The number of hydrogen-bond donors (Lipinski definition) is 2. The molecule has 2 aliphatic rings. The number of carboxylic acid groups (broad SMARTS) is 1. The Hall–Kier alpha value is -1.06. The molecule has 0 aromatic carbocycles. The van der Waals surface area contributed by atoms with Crippen molar-refractivity contribution in [2.45, 2.75) is 58.8 Å². The minimum absolute atomic E-state index is 0.0317. The number of carbonyl (C=O) groups is 2. The smallest absolute Gasteiger partial charge is 0.307 e. The van der Waals surface area contributed by atoms with Crippen molar-refractivity contribution in [3.63, 3.8) is 0 Å². The Labute approximate surface area is 121 Å². The minimum atomic E-state index is -0.809. The van der Waals surface area contributed by atoms with Gasteiger partial charge in [0.15, 0.2) is 0 Å². The topological polar surface area (TPSA) is 66.4 Å². The second kappa shape index (κ2) is 6.15. The Morgan fingerprint density at radius 3 is 2.35 bits per heavy atom. The zero-order valence-electron chi connectivity index (χ0n) is 12.7. The van der Waals surface area contributed by atoms with Crippen molar-refractivity contribution in [1.82, 2.24) is 5.32 Å². The van der Waals surface area contributed by atoms with Gasteiger partial charge < -0.3 is 10.4 Å². The molecule has 1 amide bonds. The first-order valence-electron chi connectivity index (χ1n) is 8.02. The van der Waals surface area contributed by atoms with Crippen LogP contribution in [0.2, 0.25) is 0 Å². The van der Waals surface area contributed by atoms with Crippen LogP contribution in [0, 0.1) is 23.2 Å². The van der Waals surface area contributed by atoms with Gasteiger partial charge in [-0.2, -0.15) is 0 Å². The van der Waals surface area contributed by atoms with E-state index in [0.29, 0.717) is 17.8 Å². The minimum Gasteiger partial charge on any atom is -0.481 e. The van der Waals surface area contributed by atoms with E-state index in [4.69, 9.17) is 0 Å². The van der Waals surface area contributed by atoms with Gasteiger partial charge in [0.25, 0.3) is 0 Å². The summed E-state index contributed by atoms with van der Waals surface area (Å²) in [4.78, 5) is 23.6. The number of carboxylic acids is 1. The lowest BCUT2D eigenvalue weighted by Gasteiger charge is -2.19. The third-order valence-corrected chi connectivity index (χ3v) is 5.27. The fourth-order valence-electron chi connectivity index (χ4n) is 3.67. The average Bonchev–Trinajstić information content (AvgIpc) is 3.04. The molecule has 0 bridgehead atoms. The maximum absolute atomic E-state index is 12.3. The summed E-state index contributed by atoms with van der Waals surface area (Å²) in [6, 6.07) is 0. The van der Waals surface area contributed by atoms with Crippen molar-refractivity contribution in [3.05, 3.63) is 0 Å². The van der Waals surface area contributed by atoms with Crippen molar-refractivity contribution in [1.29, 1.82) is 0 Å². The Morgan fingerprint density at radius 1 is 1.20 bits per heavy atom. The van der Waals surface area contributed by atoms with E-state index in [1.807, 2.05) is 0 Å². The first-order valence-corrected chi connectivity index (χ1v) is 8.02. The van der Waals surface area contributed by atoms with Crippen LogP contribution in [0.4, 0.5) is 0 Å². The molecule has 3 unspecified atom stereocenters. The van der Waals surface area contributed by atoms with E-state index in [9.17, 15) is 14.7 Å². The Morgan fingerprint density at radius 2 is 1.85 bits per heavy atom. The Bertz CT molecular complexity index is 376. The molecule has 3 atom stereocenters. The fraction of sp³-hybridized carbons (Fsp3) is 0.875. The summed E-state index contributed by atoms with van der Waals surface area (Å²) in [5, 5.41) is 12.3. The van der Waals surface area contributed by atoms with Gasteiger partial charge in [-0.25, -0.2) is 0 Å². The molecule has 2 fully saturated rings. The van der Waals surface area contributed by atoms with Crippen molar-refractivity contribution in [2.24, 2.45) is 23.2 Å². The van der Waals surface area contributed by atoms with Crippen LogP contribution in [0.25, 0.3) is 0 Å². The Balaban J connectivity index is 1.89. The molecule has 0 aromatic heterocycles. The van der Waals surface area contributed by atoms with E-state index >= 15 is 0 Å². The summed E-state index contributed by atoms with van der Waals surface area (Å²) in [5.74, 6) is -1.26. The quantitative estimate of drug-likeness (QED) is 0.754. The molecule has 2 rings (SSSR count). The lowest BCUT2D eigenvalue weighted by atomic mass is 9.94. The van der Waals surface area contributed by atoms with Gasteiger partial charge in [-0.05, 0) is 43.4 Å². The number of amides is 1. The van der Waals surface area contributed by atoms with E-state index in [1.54, 1.807) is 0 Å². The van der Waals surface area contributed by atoms with Gasteiger partial charge in [-0.3, -0.25) is 9.59 Å². The van der Waals surface area contributed by atoms with Crippen LogP contribution >= 0.6 is 0 Å². The molecule has 20 heavy (non-hydrogen) atoms. The van der Waals surface area contributed by atoms with Gasteiger partial charge >= 0.3 is 5.97 Å². The Kier molecular flexibility index (Phi) is 4.71. The van der Waals surface area contributed by atoms with Crippen molar-refractivity contribution < 1.29 is 14.7 Å².